The molecule has 64 valence electrons. The van der Waals surface area contributed by atoms with Crippen LogP contribution in [0.2, 0.25) is 0 Å². The monoisotopic (exact) mass is 167 g/mol. The molecule has 0 spiro atoms. The molecule has 0 aromatic heterocycles. The molecule has 0 bridgehead atoms. The van der Waals surface area contributed by atoms with Crippen LogP contribution in [0, 0.1) is 18.2 Å². The Hall–Kier alpha value is -1.58. The van der Waals surface area contributed by atoms with Gasteiger partial charge in [0.05, 0.1) is 0 Å². The predicted octanol–water partition coefficient (Wildman–Crippen LogP) is 1.30. The van der Waals surface area contributed by atoms with E-state index in [1.54, 1.807) is 6.92 Å². The Bertz CT molecular complexity index is 334. The Balaban J connectivity index is 3.51. The number of anilines is 2. The molecule has 0 heterocycles. The van der Waals surface area contributed by atoms with E-state index in [4.69, 9.17) is 16.9 Å². The van der Waals surface area contributed by atoms with E-state index in [0.717, 1.165) is 6.21 Å². The van der Waals surface area contributed by atoms with Gasteiger partial charge in [0.15, 0.2) is 0 Å². The summed E-state index contributed by atoms with van der Waals surface area (Å²) in [6, 6.07) is 1.17. The van der Waals surface area contributed by atoms with Gasteiger partial charge >= 0.3 is 0 Å². The highest BCUT2D eigenvalue weighted by Crippen LogP contribution is 2.24. The SMILES string of the molecule is Cc1c(F)cc(N)c(C=N)c1N. The second-order valence-electron chi connectivity index (χ2n) is 2.54. The smallest absolute Gasteiger partial charge is 0.130 e. The van der Waals surface area contributed by atoms with Gasteiger partial charge in [-0.1, -0.05) is 0 Å². The number of hydrogen-bond acceptors (Lipinski definition) is 3. The van der Waals surface area contributed by atoms with E-state index < -0.39 is 5.82 Å². The third-order valence-electron chi connectivity index (χ3n) is 1.79. The summed E-state index contributed by atoms with van der Waals surface area (Å²) in [7, 11) is 0. The van der Waals surface area contributed by atoms with Gasteiger partial charge < -0.3 is 16.9 Å². The second-order valence-corrected chi connectivity index (χ2v) is 2.54. The number of nitrogen functional groups attached to an aromatic ring is 2. The molecule has 0 amide bonds. The Morgan fingerprint density at radius 3 is 2.58 bits per heavy atom. The van der Waals surface area contributed by atoms with Gasteiger partial charge in [0.25, 0.3) is 0 Å². The number of benzene rings is 1. The van der Waals surface area contributed by atoms with Crippen LogP contribution in [0.15, 0.2) is 6.07 Å². The zero-order chi connectivity index (χ0) is 9.30. The van der Waals surface area contributed by atoms with Crippen molar-refractivity contribution in [2.75, 3.05) is 11.5 Å². The maximum Gasteiger partial charge on any atom is 0.130 e. The van der Waals surface area contributed by atoms with Crippen LogP contribution in [0.3, 0.4) is 0 Å². The van der Waals surface area contributed by atoms with Gasteiger partial charge in [-0.3, -0.25) is 0 Å². The zero-order valence-electron chi connectivity index (χ0n) is 6.69. The minimum absolute atomic E-state index is 0.200. The van der Waals surface area contributed by atoms with Crippen molar-refractivity contribution in [3.63, 3.8) is 0 Å². The summed E-state index contributed by atoms with van der Waals surface area (Å²) in [5, 5.41) is 6.99. The summed E-state index contributed by atoms with van der Waals surface area (Å²) in [6.07, 6.45) is 1.02. The third-order valence-corrected chi connectivity index (χ3v) is 1.79. The van der Waals surface area contributed by atoms with E-state index in [0.29, 0.717) is 11.1 Å². The van der Waals surface area contributed by atoms with Crippen molar-refractivity contribution in [2.45, 2.75) is 6.92 Å². The molecule has 12 heavy (non-hydrogen) atoms. The predicted molar refractivity (Wildman–Crippen MR) is 47.8 cm³/mol. The van der Waals surface area contributed by atoms with Gasteiger partial charge in [0.1, 0.15) is 5.82 Å². The minimum Gasteiger partial charge on any atom is -0.398 e. The number of halogens is 1. The topological polar surface area (TPSA) is 75.9 Å². The van der Waals surface area contributed by atoms with Crippen LogP contribution >= 0.6 is 0 Å². The molecule has 1 aromatic carbocycles. The highest BCUT2D eigenvalue weighted by molar-refractivity contribution is 5.93. The van der Waals surface area contributed by atoms with Gasteiger partial charge in [0.2, 0.25) is 0 Å². The van der Waals surface area contributed by atoms with Crippen LogP contribution in [0.1, 0.15) is 11.1 Å². The molecule has 0 saturated carbocycles. The van der Waals surface area contributed by atoms with Crippen LogP contribution in [-0.4, -0.2) is 6.21 Å². The fraction of sp³-hybridized carbons (Fsp3) is 0.125. The van der Waals surface area contributed by atoms with E-state index in [9.17, 15) is 4.39 Å². The van der Waals surface area contributed by atoms with Crippen molar-refractivity contribution in [1.82, 2.24) is 0 Å². The summed E-state index contributed by atoms with van der Waals surface area (Å²) < 4.78 is 12.9. The van der Waals surface area contributed by atoms with Crippen LogP contribution in [0.5, 0.6) is 0 Å². The van der Waals surface area contributed by atoms with E-state index in [-0.39, 0.29) is 11.4 Å². The van der Waals surface area contributed by atoms with Gasteiger partial charge in [-0.25, -0.2) is 4.39 Å². The molecule has 0 fully saturated rings. The zero-order valence-corrected chi connectivity index (χ0v) is 6.69. The molecule has 0 aliphatic heterocycles. The second kappa shape index (κ2) is 2.81. The fourth-order valence-corrected chi connectivity index (χ4v) is 0.970. The molecule has 0 aliphatic carbocycles. The summed E-state index contributed by atoms with van der Waals surface area (Å²) in [5.41, 5.74) is 12.1. The van der Waals surface area contributed by atoms with Crippen LogP contribution in [0.4, 0.5) is 15.8 Å². The number of nitrogens with one attached hydrogen (secondary N) is 1. The summed E-state index contributed by atoms with van der Waals surface area (Å²) in [6.45, 7) is 1.55. The number of nitrogens with two attached hydrogens (primary N) is 2. The van der Waals surface area contributed by atoms with Gasteiger partial charge in [0, 0.05) is 28.7 Å². The van der Waals surface area contributed by atoms with Crippen molar-refractivity contribution in [3.05, 3.63) is 23.0 Å². The van der Waals surface area contributed by atoms with E-state index in [2.05, 4.69) is 0 Å². The third kappa shape index (κ3) is 1.11. The van der Waals surface area contributed by atoms with Crippen molar-refractivity contribution in [3.8, 4) is 0 Å². The van der Waals surface area contributed by atoms with E-state index >= 15 is 0 Å². The number of hydrogen-bond donors (Lipinski definition) is 3. The summed E-state index contributed by atoms with van der Waals surface area (Å²) >= 11 is 0. The average molecular weight is 167 g/mol. The van der Waals surface area contributed by atoms with Crippen LogP contribution < -0.4 is 11.5 Å². The molecule has 0 atom stereocenters. The van der Waals surface area contributed by atoms with Crippen molar-refractivity contribution in [1.29, 1.82) is 5.41 Å². The Morgan fingerprint density at radius 2 is 2.08 bits per heavy atom. The molecule has 1 aromatic rings. The average Bonchev–Trinajstić information content (AvgIpc) is 2.01. The molecule has 4 heteroatoms. The van der Waals surface area contributed by atoms with E-state index in [1.807, 2.05) is 0 Å². The molecule has 5 N–H and O–H groups in total. The molecule has 0 saturated heterocycles. The molecular weight excluding hydrogens is 157 g/mol. The first-order chi connectivity index (χ1) is 5.57. The minimum atomic E-state index is -0.435. The highest BCUT2D eigenvalue weighted by Gasteiger charge is 2.08. The van der Waals surface area contributed by atoms with Gasteiger partial charge in [-0.05, 0) is 13.0 Å². The first-order valence-electron chi connectivity index (χ1n) is 3.42. The lowest BCUT2D eigenvalue weighted by Crippen LogP contribution is -2.03. The van der Waals surface area contributed by atoms with Crippen LogP contribution in [0.25, 0.3) is 0 Å². The largest absolute Gasteiger partial charge is 0.398 e. The normalized spacial score (nSPS) is 9.83. The van der Waals surface area contributed by atoms with Gasteiger partial charge in [-0.15, -0.1) is 0 Å². The van der Waals surface area contributed by atoms with E-state index in [1.165, 1.54) is 6.07 Å². The fourth-order valence-electron chi connectivity index (χ4n) is 0.970. The first kappa shape index (κ1) is 8.52. The Labute approximate surface area is 69.7 Å². The Kier molecular flexibility index (Phi) is 1.99. The number of rotatable bonds is 1. The maximum atomic E-state index is 12.9. The van der Waals surface area contributed by atoms with Gasteiger partial charge in [-0.2, -0.15) is 0 Å². The summed E-state index contributed by atoms with van der Waals surface area (Å²) in [4.78, 5) is 0. The molecule has 0 unspecified atom stereocenters. The van der Waals surface area contributed by atoms with Crippen molar-refractivity contribution >= 4 is 17.6 Å². The summed E-state index contributed by atoms with van der Waals surface area (Å²) in [5.74, 6) is -0.435. The molecular formula is C8H10FN3. The first-order valence-corrected chi connectivity index (χ1v) is 3.42. The lowest BCUT2D eigenvalue weighted by atomic mass is 10.1. The molecule has 3 nitrogen and oxygen atoms in total. The highest BCUT2D eigenvalue weighted by atomic mass is 19.1. The lowest BCUT2D eigenvalue weighted by Gasteiger charge is -2.07. The standard InChI is InChI=1S/C8H10FN3/c1-4-6(9)2-7(11)5(3-10)8(4)12/h2-3,10H,11-12H2,1H3. The Morgan fingerprint density at radius 1 is 1.50 bits per heavy atom. The van der Waals surface area contributed by atoms with Crippen LogP contribution in [-0.2, 0) is 0 Å². The maximum absolute atomic E-state index is 12.9. The molecule has 0 radical (unpaired) electrons. The van der Waals surface area contributed by atoms with Crippen molar-refractivity contribution < 1.29 is 4.39 Å². The lowest BCUT2D eigenvalue weighted by molar-refractivity contribution is 0.620. The molecule has 1 rings (SSSR count). The molecule has 0 aliphatic rings. The quantitative estimate of drug-likeness (QED) is 0.435. The van der Waals surface area contributed by atoms with Crippen molar-refractivity contribution in [2.24, 2.45) is 0 Å².